The number of anilines is 1. The van der Waals surface area contributed by atoms with Crippen molar-refractivity contribution in [1.29, 1.82) is 5.26 Å². The minimum Gasteiger partial charge on any atom is -0.327 e. The van der Waals surface area contributed by atoms with Gasteiger partial charge in [0.15, 0.2) is 16.5 Å². The maximum Gasteiger partial charge on any atom is 0.404 e. The van der Waals surface area contributed by atoms with Crippen LogP contribution in [0.15, 0.2) is 17.0 Å². The van der Waals surface area contributed by atoms with Crippen LogP contribution in [0.4, 0.5) is 32.0 Å². The molecule has 31 heavy (non-hydrogen) atoms. The summed E-state index contributed by atoms with van der Waals surface area (Å²) in [5.41, 5.74) is -2.86. The summed E-state index contributed by atoms with van der Waals surface area (Å²) in [5, 5.41) is 9.62. The number of aromatic nitrogens is 1. The van der Waals surface area contributed by atoms with E-state index in [4.69, 9.17) is 16.9 Å². The second-order valence-corrected chi connectivity index (χ2v) is 8.08. The molecule has 168 valence electrons. The summed E-state index contributed by atoms with van der Waals surface area (Å²) in [6.45, 7) is 0.462. The normalized spacial score (nSPS) is 13.0. The van der Waals surface area contributed by atoms with E-state index in [2.05, 4.69) is 0 Å². The van der Waals surface area contributed by atoms with Crippen molar-refractivity contribution in [2.24, 2.45) is 7.05 Å². The Hall–Kier alpha value is -2.76. The molecule has 0 aliphatic heterocycles. The first kappa shape index (κ1) is 24.5. The fourth-order valence-electron chi connectivity index (χ4n) is 2.37. The standard InChI is InChI=1S/C16H11ClF6N4O3S/c1-6(16(21,22)23)26-31(29,30)13-11(20)12(27(2)14(13)17)15(28)25-9-4-3-8(18)7(5-24)10(9)19/h3-4,6,26H,1-2H3,(H,25,28)/t6-/m1/s1. The molecule has 0 unspecified atom stereocenters. The molecule has 2 aromatic rings. The highest BCUT2D eigenvalue weighted by Gasteiger charge is 2.41. The van der Waals surface area contributed by atoms with E-state index in [1.54, 1.807) is 0 Å². The molecule has 0 spiro atoms. The predicted molar refractivity (Wildman–Crippen MR) is 95.2 cm³/mol. The molecule has 0 aliphatic rings. The number of carbonyl (C=O) groups is 1. The number of rotatable bonds is 5. The number of amides is 1. The Kier molecular flexibility index (Phi) is 6.64. The number of carbonyl (C=O) groups excluding carboxylic acids is 1. The van der Waals surface area contributed by atoms with Crippen molar-refractivity contribution < 1.29 is 39.6 Å². The Balaban J connectivity index is 2.50. The molecular weight excluding hydrogens is 478 g/mol. The first-order valence-electron chi connectivity index (χ1n) is 7.95. The molecule has 0 radical (unpaired) electrons. The third kappa shape index (κ3) is 4.63. The average molecular weight is 489 g/mol. The summed E-state index contributed by atoms with van der Waals surface area (Å²) in [5.74, 6) is -5.99. The van der Waals surface area contributed by atoms with Crippen molar-refractivity contribution in [3.05, 3.63) is 46.0 Å². The number of benzene rings is 1. The molecule has 0 fully saturated rings. The first-order valence-corrected chi connectivity index (χ1v) is 9.81. The van der Waals surface area contributed by atoms with Gasteiger partial charge in [-0.3, -0.25) is 4.79 Å². The van der Waals surface area contributed by atoms with Gasteiger partial charge in [0.2, 0.25) is 10.0 Å². The summed E-state index contributed by atoms with van der Waals surface area (Å²) in [6.07, 6.45) is -5.00. The lowest BCUT2D eigenvalue weighted by molar-refractivity contribution is -0.147. The Morgan fingerprint density at radius 2 is 1.81 bits per heavy atom. The van der Waals surface area contributed by atoms with Crippen molar-refractivity contribution in [2.45, 2.75) is 24.0 Å². The number of halogens is 7. The molecular formula is C16H11ClF6N4O3S. The van der Waals surface area contributed by atoms with Crippen LogP contribution >= 0.6 is 11.6 Å². The third-order valence-corrected chi connectivity index (χ3v) is 6.11. The molecule has 0 bridgehead atoms. The summed E-state index contributed by atoms with van der Waals surface area (Å²) < 4.78 is 106. The van der Waals surface area contributed by atoms with Gasteiger partial charge in [-0.25, -0.2) is 21.6 Å². The molecule has 1 aromatic heterocycles. The van der Waals surface area contributed by atoms with Crippen LogP contribution in [0.3, 0.4) is 0 Å². The number of nitrogens with zero attached hydrogens (tertiary/aromatic N) is 2. The Morgan fingerprint density at radius 3 is 2.32 bits per heavy atom. The SMILES string of the molecule is C[C@@H](NS(=O)(=O)c1c(F)c(C(=O)Nc2ccc(F)c(C#N)c2F)n(C)c1Cl)C(F)(F)F. The van der Waals surface area contributed by atoms with Gasteiger partial charge in [-0.15, -0.1) is 0 Å². The largest absolute Gasteiger partial charge is 0.404 e. The molecule has 7 nitrogen and oxygen atoms in total. The summed E-state index contributed by atoms with van der Waals surface area (Å²) >= 11 is 5.72. The number of nitriles is 1. The predicted octanol–water partition coefficient (Wildman–Crippen LogP) is 3.45. The third-order valence-electron chi connectivity index (χ3n) is 3.98. The van der Waals surface area contributed by atoms with E-state index >= 15 is 0 Å². The minimum absolute atomic E-state index is 0.462. The van der Waals surface area contributed by atoms with E-state index < -0.39 is 72.6 Å². The van der Waals surface area contributed by atoms with E-state index in [1.165, 1.54) is 10.8 Å². The molecule has 2 rings (SSSR count). The Morgan fingerprint density at radius 1 is 1.23 bits per heavy atom. The van der Waals surface area contributed by atoms with Crippen molar-refractivity contribution >= 4 is 33.2 Å². The van der Waals surface area contributed by atoms with E-state index in [1.807, 2.05) is 5.32 Å². The lowest BCUT2D eigenvalue weighted by Crippen LogP contribution is -2.43. The maximum atomic E-state index is 14.8. The minimum atomic E-state index is -5.18. The zero-order valence-electron chi connectivity index (χ0n) is 15.4. The average Bonchev–Trinajstić information content (AvgIpc) is 2.86. The van der Waals surface area contributed by atoms with Crippen LogP contribution in [0.1, 0.15) is 23.0 Å². The van der Waals surface area contributed by atoms with Gasteiger partial charge in [-0.2, -0.15) is 23.2 Å². The van der Waals surface area contributed by atoms with Crippen molar-refractivity contribution in [1.82, 2.24) is 9.29 Å². The molecule has 1 heterocycles. The lowest BCUT2D eigenvalue weighted by Gasteiger charge is -2.17. The van der Waals surface area contributed by atoms with Crippen LogP contribution in [-0.2, 0) is 17.1 Å². The second kappa shape index (κ2) is 8.40. The van der Waals surface area contributed by atoms with Gasteiger partial charge >= 0.3 is 6.18 Å². The number of hydrogen-bond donors (Lipinski definition) is 2. The van der Waals surface area contributed by atoms with Gasteiger partial charge in [0, 0.05) is 7.05 Å². The monoisotopic (exact) mass is 488 g/mol. The molecule has 0 saturated heterocycles. The van der Waals surface area contributed by atoms with Crippen LogP contribution in [0, 0.1) is 28.8 Å². The van der Waals surface area contributed by atoms with Gasteiger partial charge < -0.3 is 9.88 Å². The van der Waals surface area contributed by atoms with Crippen LogP contribution < -0.4 is 10.0 Å². The quantitative estimate of drug-likeness (QED) is 0.629. The van der Waals surface area contributed by atoms with Crippen molar-refractivity contribution in [2.75, 3.05) is 5.32 Å². The molecule has 1 amide bonds. The topological polar surface area (TPSA) is 104 Å². The van der Waals surface area contributed by atoms with E-state index in [0.717, 1.165) is 13.1 Å². The summed E-state index contributed by atoms with van der Waals surface area (Å²) in [6, 6.07) is -0.0251. The molecule has 0 aliphatic carbocycles. The fraction of sp³-hybridized carbons (Fsp3) is 0.250. The highest BCUT2D eigenvalue weighted by atomic mass is 35.5. The van der Waals surface area contributed by atoms with Gasteiger partial charge in [0.25, 0.3) is 5.91 Å². The van der Waals surface area contributed by atoms with Crippen LogP contribution in [-0.4, -0.2) is 31.1 Å². The number of hydrogen-bond acceptors (Lipinski definition) is 4. The smallest absolute Gasteiger partial charge is 0.327 e. The van der Waals surface area contributed by atoms with Gasteiger partial charge in [0.1, 0.15) is 34.3 Å². The number of alkyl halides is 3. The van der Waals surface area contributed by atoms with E-state index in [9.17, 15) is 39.6 Å². The number of nitrogens with one attached hydrogen (secondary N) is 2. The van der Waals surface area contributed by atoms with Crippen molar-refractivity contribution in [3.8, 4) is 6.07 Å². The highest BCUT2D eigenvalue weighted by Crippen LogP contribution is 2.32. The fourth-order valence-corrected chi connectivity index (χ4v) is 4.25. The molecule has 2 N–H and O–H groups in total. The zero-order valence-corrected chi connectivity index (χ0v) is 17.0. The summed E-state index contributed by atoms with van der Waals surface area (Å²) in [7, 11) is -4.26. The van der Waals surface area contributed by atoms with Crippen LogP contribution in [0.5, 0.6) is 0 Å². The zero-order chi connectivity index (χ0) is 23.9. The Labute approximate surface area is 176 Å². The van der Waals surface area contributed by atoms with E-state index in [0.29, 0.717) is 17.6 Å². The number of sulfonamides is 1. The second-order valence-electron chi connectivity index (χ2n) is 6.08. The lowest BCUT2D eigenvalue weighted by atomic mass is 10.2. The van der Waals surface area contributed by atoms with Gasteiger partial charge in [-0.05, 0) is 19.1 Å². The molecule has 15 heteroatoms. The molecule has 1 aromatic carbocycles. The summed E-state index contributed by atoms with van der Waals surface area (Å²) in [4.78, 5) is 11.0. The van der Waals surface area contributed by atoms with E-state index in [-0.39, 0.29) is 0 Å². The molecule has 1 atom stereocenters. The van der Waals surface area contributed by atoms with Gasteiger partial charge in [0.05, 0.1) is 5.69 Å². The van der Waals surface area contributed by atoms with Crippen LogP contribution in [0.25, 0.3) is 0 Å². The van der Waals surface area contributed by atoms with Crippen molar-refractivity contribution in [3.63, 3.8) is 0 Å². The van der Waals surface area contributed by atoms with Gasteiger partial charge in [-0.1, -0.05) is 11.6 Å². The first-order chi connectivity index (χ1) is 14.1. The molecule has 0 saturated carbocycles. The Bertz CT molecular complexity index is 1200. The van der Waals surface area contributed by atoms with Crippen LogP contribution in [0.2, 0.25) is 5.15 Å². The highest BCUT2D eigenvalue weighted by molar-refractivity contribution is 7.89. The maximum absolute atomic E-state index is 14.8.